The van der Waals surface area contributed by atoms with Gasteiger partial charge in [-0.1, -0.05) is 56.3 Å². The Morgan fingerprint density at radius 1 is 0.921 bits per heavy atom. The molecular formula is C28H29N3O7. The fourth-order valence-electron chi connectivity index (χ4n) is 5.13. The lowest BCUT2D eigenvalue weighted by Gasteiger charge is -2.33. The fourth-order valence-corrected chi connectivity index (χ4v) is 5.13. The number of hydrogen-bond donors (Lipinski definition) is 1. The van der Waals surface area contributed by atoms with Crippen LogP contribution < -0.4 is 11.2 Å². The minimum absolute atomic E-state index is 0.213. The summed E-state index contributed by atoms with van der Waals surface area (Å²) in [4.78, 5) is 59.8. The van der Waals surface area contributed by atoms with Gasteiger partial charge in [-0.3, -0.25) is 28.8 Å². The van der Waals surface area contributed by atoms with Crippen LogP contribution >= 0.6 is 0 Å². The van der Waals surface area contributed by atoms with Crippen LogP contribution in [0, 0.1) is 6.92 Å². The van der Waals surface area contributed by atoms with E-state index in [1.165, 1.54) is 10.8 Å². The lowest BCUT2D eigenvalue weighted by molar-refractivity contribution is -0.187. The van der Waals surface area contributed by atoms with Gasteiger partial charge in [0.2, 0.25) is 0 Å². The highest BCUT2D eigenvalue weighted by atomic mass is 16.7. The summed E-state index contributed by atoms with van der Waals surface area (Å²) in [5.41, 5.74) is -0.476. The molecule has 5 rings (SSSR count). The Kier molecular flexibility index (Phi) is 6.87. The molecule has 0 radical (unpaired) electrons. The van der Waals surface area contributed by atoms with Gasteiger partial charge in [0.15, 0.2) is 12.3 Å². The average Bonchev–Trinajstić information content (AvgIpc) is 3.37. The molecule has 1 saturated heterocycles. The van der Waals surface area contributed by atoms with Gasteiger partial charge in [0.25, 0.3) is 17.4 Å². The van der Waals surface area contributed by atoms with Gasteiger partial charge in [-0.2, -0.15) is 0 Å². The number of aryl methyl sites for hydroxylation is 1. The van der Waals surface area contributed by atoms with Gasteiger partial charge in [-0.15, -0.1) is 5.06 Å². The van der Waals surface area contributed by atoms with Crippen molar-refractivity contribution in [2.24, 2.45) is 0 Å². The molecule has 1 aromatic heterocycles. The van der Waals surface area contributed by atoms with Gasteiger partial charge in [-0.25, -0.2) is 4.79 Å². The molecule has 1 N–H and O–H groups in total. The number of carbonyl (C=O) groups is 2. The maximum absolute atomic E-state index is 13.2. The van der Waals surface area contributed by atoms with E-state index in [0.29, 0.717) is 18.4 Å². The molecule has 2 amide bonds. The minimum atomic E-state index is -1.09. The lowest BCUT2D eigenvalue weighted by Crippen LogP contribution is -2.48. The Hall–Kier alpha value is -3.86. The van der Waals surface area contributed by atoms with Crippen LogP contribution in [0.25, 0.3) is 0 Å². The summed E-state index contributed by atoms with van der Waals surface area (Å²) in [5.74, 6) is -1.22. The Labute approximate surface area is 218 Å². The number of ether oxygens (including phenoxy) is 2. The van der Waals surface area contributed by atoms with E-state index in [9.17, 15) is 19.2 Å². The topological polar surface area (TPSA) is 120 Å². The third kappa shape index (κ3) is 4.30. The van der Waals surface area contributed by atoms with Crippen LogP contribution in [0.1, 0.15) is 64.8 Å². The van der Waals surface area contributed by atoms with Gasteiger partial charge in [0, 0.05) is 11.8 Å². The van der Waals surface area contributed by atoms with Crippen molar-refractivity contribution in [3.63, 3.8) is 0 Å². The molecule has 3 atom stereocenters. The van der Waals surface area contributed by atoms with Crippen LogP contribution in [0.4, 0.5) is 0 Å². The largest absolute Gasteiger partial charge is 0.368 e. The number of H-pyrrole nitrogens is 1. The Morgan fingerprint density at radius 2 is 1.53 bits per heavy atom. The number of aromatic nitrogens is 2. The number of amides is 2. The van der Waals surface area contributed by atoms with Crippen LogP contribution in [0.15, 0.2) is 70.4 Å². The molecule has 3 aromatic rings. The smallest absolute Gasteiger partial charge is 0.330 e. The molecule has 2 aliphatic rings. The highest BCUT2D eigenvalue weighted by molar-refractivity contribution is 6.20. The first-order valence-electron chi connectivity index (χ1n) is 12.6. The van der Waals surface area contributed by atoms with E-state index in [1.807, 2.05) is 44.2 Å². The lowest BCUT2D eigenvalue weighted by atomic mass is 9.89. The first-order chi connectivity index (χ1) is 18.3. The van der Waals surface area contributed by atoms with E-state index in [2.05, 4.69) is 4.98 Å². The molecule has 10 nitrogen and oxygen atoms in total. The van der Waals surface area contributed by atoms with Crippen molar-refractivity contribution in [3.05, 3.63) is 104 Å². The van der Waals surface area contributed by atoms with Crippen molar-refractivity contribution in [3.8, 4) is 0 Å². The number of benzene rings is 2. The molecule has 1 unspecified atom stereocenters. The van der Waals surface area contributed by atoms with Crippen molar-refractivity contribution >= 4 is 11.8 Å². The van der Waals surface area contributed by atoms with Crippen LogP contribution in [-0.2, 0) is 20.9 Å². The number of hydrogen-bond acceptors (Lipinski definition) is 7. The number of aromatic amines is 1. The van der Waals surface area contributed by atoms with Gasteiger partial charge in [-0.05, 0) is 37.5 Å². The molecule has 2 aliphatic heterocycles. The Bertz CT molecular complexity index is 1440. The summed E-state index contributed by atoms with van der Waals surface area (Å²) in [5, 5.41) is 0.718. The molecule has 0 bridgehead atoms. The predicted molar refractivity (Wildman–Crippen MR) is 136 cm³/mol. The van der Waals surface area contributed by atoms with Crippen molar-refractivity contribution < 1.29 is 23.9 Å². The zero-order valence-corrected chi connectivity index (χ0v) is 21.4. The molecule has 2 aromatic carbocycles. The first kappa shape index (κ1) is 25.8. The highest BCUT2D eigenvalue weighted by Crippen LogP contribution is 2.45. The molecule has 1 fully saturated rings. The summed E-state index contributed by atoms with van der Waals surface area (Å²) < 4.78 is 14.2. The summed E-state index contributed by atoms with van der Waals surface area (Å²) >= 11 is 0. The maximum Gasteiger partial charge on any atom is 0.330 e. The molecule has 10 heteroatoms. The van der Waals surface area contributed by atoms with Crippen LogP contribution in [0.2, 0.25) is 0 Å². The Morgan fingerprint density at radius 3 is 2.13 bits per heavy atom. The second-order valence-electron chi connectivity index (χ2n) is 9.50. The van der Waals surface area contributed by atoms with Gasteiger partial charge < -0.3 is 9.47 Å². The number of imide groups is 1. The number of nitrogens with one attached hydrogen (secondary N) is 1. The quantitative estimate of drug-likeness (QED) is 0.454. The molecule has 0 spiro atoms. The highest BCUT2D eigenvalue weighted by Gasteiger charge is 2.58. The number of rotatable bonds is 8. The van der Waals surface area contributed by atoms with Crippen LogP contribution in [0.3, 0.4) is 0 Å². The molecule has 0 aliphatic carbocycles. The van der Waals surface area contributed by atoms with Gasteiger partial charge in [0.05, 0.1) is 23.3 Å². The zero-order chi connectivity index (χ0) is 27.0. The second-order valence-corrected chi connectivity index (χ2v) is 9.50. The van der Waals surface area contributed by atoms with E-state index < -0.39 is 47.1 Å². The third-order valence-electron chi connectivity index (χ3n) is 7.33. The molecule has 3 heterocycles. The number of hydroxylamine groups is 2. The number of nitrogens with zero attached hydrogens (tertiary/aromatic N) is 2. The maximum atomic E-state index is 13.2. The number of fused-ring (bicyclic) bond motifs is 1. The fraction of sp³-hybridized carbons (Fsp3) is 0.357. The minimum Gasteiger partial charge on any atom is -0.368 e. The van der Waals surface area contributed by atoms with Gasteiger partial charge in [0.1, 0.15) is 6.10 Å². The molecule has 198 valence electrons. The Balaban J connectivity index is 1.58. The van der Waals surface area contributed by atoms with E-state index in [0.717, 1.165) is 10.6 Å². The summed E-state index contributed by atoms with van der Waals surface area (Å²) in [6.07, 6.45) is -0.560. The molecular weight excluding hydrogens is 490 g/mol. The summed E-state index contributed by atoms with van der Waals surface area (Å²) in [7, 11) is 0. The predicted octanol–water partition coefficient (Wildman–Crippen LogP) is 3.11. The van der Waals surface area contributed by atoms with E-state index in [4.69, 9.17) is 14.3 Å². The molecule has 0 saturated carbocycles. The summed E-state index contributed by atoms with van der Waals surface area (Å²) in [6.45, 7) is 5.65. The van der Waals surface area contributed by atoms with Gasteiger partial charge >= 0.3 is 5.69 Å². The SMILES string of the molecule is CCC1(CC)O[C@@H](n2cc(C)c(=O)[nH]c2=O)[C@@H](ON2C(=O)c3ccccc3C2=O)C1OCc1ccccc1. The normalized spacial score (nSPS) is 22.2. The second kappa shape index (κ2) is 10.1. The van der Waals surface area contributed by atoms with Crippen molar-refractivity contribution in [2.45, 2.75) is 64.3 Å². The van der Waals surface area contributed by atoms with Crippen LogP contribution in [0.5, 0.6) is 0 Å². The third-order valence-corrected chi connectivity index (χ3v) is 7.33. The van der Waals surface area contributed by atoms with E-state index in [-0.39, 0.29) is 17.7 Å². The van der Waals surface area contributed by atoms with Crippen molar-refractivity contribution in [2.75, 3.05) is 0 Å². The van der Waals surface area contributed by atoms with E-state index in [1.54, 1.807) is 31.2 Å². The standard InChI is InChI=1S/C28H29N3O7/c1-4-28(5-2)22(36-16-18-11-7-6-8-12-18)21(26(37-28)30-15-17(3)23(32)29-27(30)35)38-31-24(33)19-13-9-10-14-20(19)25(31)34/h6-15,21-22,26H,4-5,16H2,1-3H3,(H,29,32,35)/t21-,22?,26+/m0/s1. The van der Waals surface area contributed by atoms with Crippen LogP contribution in [-0.4, -0.2) is 44.2 Å². The number of carbonyl (C=O) groups excluding carboxylic acids is 2. The van der Waals surface area contributed by atoms with Crippen molar-refractivity contribution in [1.29, 1.82) is 0 Å². The van der Waals surface area contributed by atoms with E-state index >= 15 is 0 Å². The monoisotopic (exact) mass is 519 g/mol. The van der Waals surface area contributed by atoms with Crippen molar-refractivity contribution in [1.82, 2.24) is 14.6 Å². The molecule has 38 heavy (non-hydrogen) atoms. The summed E-state index contributed by atoms with van der Waals surface area (Å²) in [6, 6.07) is 16.0. The zero-order valence-electron chi connectivity index (χ0n) is 21.4. The first-order valence-corrected chi connectivity index (χ1v) is 12.6. The average molecular weight is 520 g/mol.